The second-order valence-electron chi connectivity index (χ2n) is 4.00. The summed E-state index contributed by atoms with van der Waals surface area (Å²) in [6.45, 7) is 0. The van der Waals surface area contributed by atoms with Crippen molar-refractivity contribution in [3.05, 3.63) is 89.0 Å². The number of halogens is 1. The third-order valence-electron chi connectivity index (χ3n) is 2.58. The van der Waals surface area contributed by atoms with Crippen LogP contribution in [-0.2, 0) is 0 Å². The van der Waals surface area contributed by atoms with Gasteiger partial charge in [0.1, 0.15) is 0 Å². The van der Waals surface area contributed by atoms with Crippen molar-refractivity contribution in [1.82, 2.24) is 0 Å². The Labute approximate surface area is 117 Å². The molecule has 0 radical (unpaired) electrons. The van der Waals surface area contributed by atoms with Crippen LogP contribution in [0.1, 0.15) is 15.9 Å². The average molecular weight is 269 g/mol. The zero-order valence-electron chi connectivity index (χ0n) is 10.3. The van der Waals surface area contributed by atoms with Gasteiger partial charge in [-0.3, -0.25) is 4.79 Å². The zero-order chi connectivity index (χ0) is 13.5. The van der Waals surface area contributed by atoms with Gasteiger partial charge in [0.15, 0.2) is 5.78 Å². The molecule has 0 aliphatic heterocycles. The summed E-state index contributed by atoms with van der Waals surface area (Å²) in [6.07, 6.45) is 7.08. The highest BCUT2D eigenvalue weighted by Gasteiger charge is 1.99. The van der Waals surface area contributed by atoms with Gasteiger partial charge >= 0.3 is 0 Å². The molecule has 0 aliphatic carbocycles. The Balaban J connectivity index is 1.97. The predicted octanol–water partition coefficient (Wildman–Crippen LogP) is 4.79. The number of allylic oxidation sites excluding steroid dienone is 3. The van der Waals surface area contributed by atoms with E-state index in [9.17, 15) is 4.79 Å². The average Bonchev–Trinajstić information content (AvgIpc) is 2.45. The topological polar surface area (TPSA) is 17.1 Å². The maximum absolute atomic E-state index is 11.8. The largest absolute Gasteiger partial charge is 0.289 e. The van der Waals surface area contributed by atoms with Crippen LogP contribution in [0.15, 0.2) is 72.8 Å². The van der Waals surface area contributed by atoms with Crippen LogP contribution in [0, 0.1) is 0 Å². The lowest BCUT2D eigenvalue weighted by Crippen LogP contribution is -1.92. The first kappa shape index (κ1) is 13.3. The summed E-state index contributed by atoms with van der Waals surface area (Å²) >= 11 is 5.77. The molecule has 0 heterocycles. The van der Waals surface area contributed by atoms with Gasteiger partial charge in [-0.2, -0.15) is 0 Å². The van der Waals surface area contributed by atoms with Crippen molar-refractivity contribution in [3.63, 3.8) is 0 Å². The van der Waals surface area contributed by atoms with Crippen molar-refractivity contribution in [1.29, 1.82) is 0 Å². The van der Waals surface area contributed by atoms with Gasteiger partial charge in [-0.15, -0.1) is 0 Å². The third kappa shape index (κ3) is 4.23. The number of benzene rings is 2. The maximum Gasteiger partial charge on any atom is 0.185 e. The summed E-state index contributed by atoms with van der Waals surface area (Å²) in [5.74, 6) is -0.0330. The Morgan fingerprint density at radius 1 is 0.895 bits per heavy atom. The molecule has 0 aromatic heterocycles. The SMILES string of the molecule is O=C(/C=C/C=C\c1ccccc1)c1ccc(Cl)cc1. The summed E-state index contributed by atoms with van der Waals surface area (Å²) in [7, 11) is 0. The van der Waals surface area contributed by atoms with E-state index in [0.717, 1.165) is 5.56 Å². The van der Waals surface area contributed by atoms with Crippen LogP contribution in [-0.4, -0.2) is 5.78 Å². The number of hydrogen-bond acceptors (Lipinski definition) is 1. The van der Waals surface area contributed by atoms with Gasteiger partial charge < -0.3 is 0 Å². The van der Waals surface area contributed by atoms with Crippen LogP contribution >= 0.6 is 11.6 Å². The first-order chi connectivity index (χ1) is 9.25. The van der Waals surface area contributed by atoms with Gasteiger partial charge in [0.25, 0.3) is 0 Å². The van der Waals surface area contributed by atoms with Crippen molar-refractivity contribution in [2.75, 3.05) is 0 Å². The Hall–Kier alpha value is -2.12. The van der Waals surface area contributed by atoms with Crippen LogP contribution in [0.4, 0.5) is 0 Å². The Bertz CT molecular complexity index is 595. The van der Waals surface area contributed by atoms with Crippen LogP contribution in [0.2, 0.25) is 5.02 Å². The molecule has 1 nitrogen and oxygen atoms in total. The lowest BCUT2D eigenvalue weighted by molar-refractivity contribution is 0.104. The van der Waals surface area contributed by atoms with E-state index in [1.807, 2.05) is 42.5 Å². The molecule has 2 heteroatoms. The first-order valence-corrected chi connectivity index (χ1v) is 6.33. The molecule has 2 aromatic rings. The molecular weight excluding hydrogens is 256 g/mol. The highest BCUT2D eigenvalue weighted by atomic mass is 35.5. The monoisotopic (exact) mass is 268 g/mol. The maximum atomic E-state index is 11.8. The Morgan fingerprint density at radius 2 is 1.58 bits per heavy atom. The van der Waals surface area contributed by atoms with E-state index in [1.165, 1.54) is 0 Å². The smallest absolute Gasteiger partial charge is 0.185 e. The Morgan fingerprint density at radius 3 is 2.26 bits per heavy atom. The minimum absolute atomic E-state index is 0.0330. The van der Waals surface area contributed by atoms with Crippen molar-refractivity contribution in [3.8, 4) is 0 Å². The number of carbonyl (C=O) groups is 1. The molecule has 0 saturated carbocycles. The van der Waals surface area contributed by atoms with E-state index in [0.29, 0.717) is 10.6 Å². The lowest BCUT2D eigenvalue weighted by Gasteiger charge is -1.94. The first-order valence-electron chi connectivity index (χ1n) is 5.95. The van der Waals surface area contributed by atoms with E-state index in [4.69, 9.17) is 11.6 Å². The van der Waals surface area contributed by atoms with Gasteiger partial charge in [0.05, 0.1) is 0 Å². The van der Waals surface area contributed by atoms with Gasteiger partial charge in [-0.25, -0.2) is 0 Å². The van der Waals surface area contributed by atoms with Crippen molar-refractivity contribution < 1.29 is 4.79 Å². The molecule has 0 atom stereocenters. The van der Waals surface area contributed by atoms with Gasteiger partial charge in [0, 0.05) is 10.6 Å². The molecule has 0 amide bonds. The molecule has 94 valence electrons. The molecular formula is C17H13ClO. The number of carbonyl (C=O) groups excluding carboxylic acids is 1. The van der Waals surface area contributed by atoms with Crippen LogP contribution < -0.4 is 0 Å². The molecule has 0 N–H and O–H groups in total. The number of hydrogen-bond donors (Lipinski definition) is 0. The molecule has 19 heavy (non-hydrogen) atoms. The van der Waals surface area contributed by atoms with Crippen molar-refractivity contribution in [2.24, 2.45) is 0 Å². The lowest BCUT2D eigenvalue weighted by atomic mass is 10.1. The zero-order valence-corrected chi connectivity index (χ0v) is 11.0. The van der Waals surface area contributed by atoms with E-state index in [-0.39, 0.29) is 5.78 Å². The predicted molar refractivity (Wildman–Crippen MR) is 80.4 cm³/mol. The quantitative estimate of drug-likeness (QED) is 0.443. The fourth-order valence-electron chi connectivity index (χ4n) is 1.58. The highest BCUT2D eigenvalue weighted by Crippen LogP contribution is 2.10. The van der Waals surface area contributed by atoms with Crippen LogP contribution in [0.5, 0.6) is 0 Å². The summed E-state index contributed by atoms with van der Waals surface area (Å²) in [4.78, 5) is 11.8. The molecule has 0 bridgehead atoms. The van der Waals surface area contributed by atoms with E-state index >= 15 is 0 Å². The fraction of sp³-hybridized carbons (Fsp3) is 0. The fourth-order valence-corrected chi connectivity index (χ4v) is 1.71. The molecule has 0 spiro atoms. The molecule has 0 aliphatic rings. The van der Waals surface area contributed by atoms with Crippen LogP contribution in [0.3, 0.4) is 0 Å². The summed E-state index contributed by atoms with van der Waals surface area (Å²) < 4.78 is 0. The van der Waals surface area contributed by atoms with Crippen LogP contribution in [0.25, 0.3) is 6.08 Å². The number of ketones is 1. The van der Waals surface area contributed by atoms with E-state index in [1.54, 1.807) is 36.4 Å². The summed E-state index contributed by atoms with van der Waals surface area (Å²) in [6, 6.07) is 16.8. The summed E-state index contributed by atoms with van der Waals surface area (Å²) in [5.41, 5.74) is 1.74. The van der Waals surface area contributed by atoms with Gasteiger partial charge in [0.2, 0.25) is 0 Å². The second kappa shape index (κ2) is 6.72. The standard InChI is InChI=1S/C17H13ClO/c18-16-12-10-15(11-13-16)17(19)9-5-4-8-14-6-2-1-3-7-14/h1-13H/b8-4-,9-5+. The summed E-state index contributed by atoms with van der Waals surface area (Å²) in [5, 5.41) is 0.629. The molecule has 0 fully saturated rings. The van der Waals surface area contributed by atoms with Crippen molar-refractivity contribution >= 4 is 23.5 Å². The molecule has 0 unspecified atom stereocenters. The van der Waals surface area contributed by atoms with Crippen molar-refractivity contribution in [2.45, 2.75) is 0 Å². The third-order valence-corrected chi connectivity index (χ3v) is 2.83. The van der Waals surface area contributed by atoms with E-state index in [2.05, 4.69) is 0 Å². The highest BCUT2D eigenvalue weighted by molar-refractivity contribution is 6.30. The second-order valence-corrected chi connectivity index (χ2v) is 4.44. The minimum atomic E-state index is -0.0330. The van der Waals surface area contributed by atoms with Gasteiger partial charge in [-0.1, -0.05) is 60.2 Å². The van der Waals surface area contributed by atoms with Gasteiger partial charge in [-0.05, 0) is 35.9 Å². The molecule has 0 saturated heterocycles. The minimum Gasteiger partial charge on any atom is -0.289 e. The molecule has 2 aromatic carbocycles. The van der Waals surface area contributed by atoms with E-state index < -0.39 is 0 Å². The normalized spacial score (nSPS) is 11.2. The number of rotatable bonds is 4. The Kier molecular flexibility index (Phi) is 4.71. The molecule has 2 rings (SSSR count).